The number of aromatic amines is 1. The lowest BCUT2D eigenvalue weighted by atomic mass is 10.0. The first-order valence-corrected chi connectivity index (χ1v) is 12.3. The Labute approximate surface area is 236 Å². The first-order chi connectivity index (χ1) is 19.2. The molecule has 1 aromatic carbocycles. The molecule has 3 unspecified atom stereocenters. The molecule has 0 aliphatic carbocycles. The Balaban J connectivity index is 0.00000176. The lowest BCUT2D eigenvalue weighted by Gasteiger charge is -2.22. The predicted octanol–water partition coefficient (Wildman–Crippen LogP) is -1.19. The van der Waals surface area contributed by atoms with Gasteiger partial charge in [-0.15, -0.1) is 0 Å². The third-order valence-electron chi connectivity index (χ3n) is 4.81. The highest BCUT2D eigenvalue weighted by molar-refractivity contribution is 5.92. The maximum atomic E-state index is 13.0. The third kappa shape index (κ3) is 18.8. The molecule has 41 heavy (non-hydrogen) atoms. The van der Waals surface area contributed by atoms with E-state index in [1.807, 2.05) is 6.07 Å². The average Bonchev–Trinajstić information content (AvgIpc) is 3.38. The van der Waals surface area contributed by atoms with Crippen molar-refractivity contribution in [2.45, 2.75) is 57.7 Å². The number of hydrogen-bond donors (Lipinski definition) is 9. The van der Waals surface area contributed by atoms with E-state index in [2.05, 4.69) is 25.6 Å². The van der Waals surface area contributed by atoms with Gasteiger partial charge in [0, 0.05) is 45.1 Å². The van der Waals surface area contributed by atoms with Crippen LogP contribution in [0, 0.1) is 0 Å². The second-order valence-electron chi connectivity index (χ2n) is 8.52. The number of nitrogens with two attached hydrogens (primary N) is 3. The van der Waals surface area contributed by atoms with Gasteiger partial charge in [-0.2, -0.15) is 0 Å². The van der Waals surface area contributed by atoms with Gasteiger partial charge in [0.15, 0.2) is 5.96 Å². The molecule has 16 heteroatoms. The normalized spacial score (nSPS) is 12.0. The number of benzene rings is 1. The number of aromatic nitrogens is 2. The molecule has 1 heterocycles. The van der Waals surface area contributed by atoms with E-state index in [4.69, 9.17) is 37.0 Å². The van der Waals surface area contributed by atoms with Gasteiger partial charge >= 0.3 is 5.97 Å². The first kappa shape index (κ1) is 36.0. The van der Waals surface area contributed by atoms with Gasteiger partial charge in [-0.3, -0.25) is 24.2 Å². The molecule has 1 aromatic heterocycles. The van der Waals surface area contributed by atoms with Crippen molar-refractivity contribution in [1.29, 1.82) is 0 Å². The molecule has 0 saturated heterocycles. The van der Waals surface area contributed by atoms with Crippen LogP contribution in [-0.4, -0.2) is 85.6 Å². The topological polar surface area (TPSA) is 289 Å². The van der Waals surface area contributed by atoms with Gasteiger partial charge in [0.1, 0.15) is 12.1 Å². The summed E-state index contributed by atoms with van der Waals surface area (Å²) >= 11 is 0. The van der Waals surface area contributed by atoms with Gasteiger partial charge in [0.25, 0.3) is 11.9 Å². The maximum Gasteiger partial charge on any atom is 0.326 e. The summed E-state index contributed by atoms with van der Waals surface area (Å²) in [6.07, 6.45) is 3.90. The van der Waals surface area contributed by atoms with Crippen LogP contribution < -0.4 is 27.8 Å². The fourth-order valence-electron chi connectivity index (χ4n) is 3.08. The average molecular weight is 579 g/mol. The second-order valence-corrected chi connectivity index (χ2v) is 8.52. The fourth-order valence-corrected chi connectivity index (χ4v) is 3.08. The summed E-state index contributed by atoms with van der Waals surface area (Å²) in [6, 6.07) is 5.80. The number of nitrogens with one attached hydrogen (secondary N) is 3. The van der Waals surface area contributed by atoms with Crippen LogP contribution in [0.15, 0.2) is 47.8 Å². The van der Waals surface area contributed by atoms with Crippen molar-refractivity contribution in [1.82, 2.24) is 20.6 Å². The monoisotopic (exact) mass is 578 g/mol. The zero-order valence-electron chi connectivity index (χ0n) is 22.8. The number of carbonyl (C=O) groups is 5. The minimum absolute atomic E-state index is 0.0483. The summed E-state index contributed by atoms with van der Waals surface area (Å²) in [5, 5.41) is 29.5. The quantitative estimate of drug-likeness (QED) is 0.0770. The van der Waals surface area contributed by atoms with E-state index in [1.165, 1.54) is 12.5 Å². The van der Waals surface area contributed by atoms with Gasteiger partial charge < -0.3 is 48.1 Å². The lowest BCUT2D eigenvalue weighted by molar-refractivity contribution is -0.142. The molecular weight excluding hydrogens is 540 g/mol. The van der Waals surface area contributed by atoms with E-state index in [-0.39, 0.29) is 18.8 Å². The van der Waals surface area contributed by atoms with Gasteiger partial charge in [-0.25, -0.2) is 9.78 Å². The van der Waals surface area contributed by atoms with Crippen LogP contribution in [0.1, 0.15) is 37.9 Å². The molecular formula is C25H38N8O8. The SMILES string of the molecule is CC(=O)O.CC(=O)O.NC(N)=NCCCC(N)C(=O)NC(Cc1cnc[nH]1)C(=O)NC(Cc1ccccc1)C(=O)O. The molecule has 12 N–H and O–H groups in total. The number of amides is 2. The molecule has 2 aromatic rings. The smallest absolute Gasteiger partial charge is 0.326 e. The van der Waals surface area contributed by atoms with Crippen LogP contribution in [-0.2, 0) is 36.8 Å². The number of carboxylic acids is 3. The number of imidazole rings is 1. The summed E-state index contributed by atoms with van der Waals surface area (Å²) in [6.45, 7) is 2.49. The molecule has 2 rings (SSSR count). The van der Waals surface area contributed by atoms with Gasteiger partial charge in [0.05, 0.1) is 12.4 Å². The van der Waals surface area contributed by atoms with Crippen molar-refractivity contribution in [3.63, 3.8) is 0 Å². The summed E-state index contributed by atoms with van der Waals surface area (Å²) in [5.41, 5.74) is 17.8. The Morgan fingerprint density at radius 1 is 0.927 bits per heavy atom. The summed E-state index contributed by atoms with van der Waals surface area (Å²) in [7, 11) is 0. The molecule has 226 valence electrons. The van der Waals surface area contributed by atoms with E-state index in [1.54, 1.807) is 24.3 Å². The fraction of sp³-hybridized carbons (Fsp3) is 0.400. The summed E-state index contributed by atoms with van der Waals surface area (Å²) < 4.78 is 0. The van der Waals surface area contributed by atoms with E-state index in [0.717, 1.165) is 19.4 Å². The minimum Gasteiger partial charge on any atom is -0.481 e. The van der Waals surface area contributed by atoms with Crippen LogP contribution in [0.5, 0.6) is 0 Å². The molecule has 2 amide bonds. The van der Waals surface area contributed by atoms with E-state index in [0.29, 0.717) is 25.1 Å². The third-order valence-corrected chi connectivity index (χ3v) is 4.81. The van der Waals surface area contributed by atoms with Crippen LogP contribution in [0.4, 0.5) is 0 Å². The van der Waals surface area contributed by atoms with Crippen molar-refractivity contribution >= 4 is 35.7 Å². The summed E-state index contributed by atoms with van der Waals surface area (Å²) in [5.74, 6) is -4.09. The molecule has 3 atom stereocenters. The number of guanidine groups is 1. The van der Waals surface area contributed by atoms with Crippen LogP contribution >= 0.6 is 0 Å². The van der Waals surface area contributed by atoms with Crippen molar-refractivity contribution < 1.29 is 39.3 Å². The highest BCUT2D eigenvalue weighted by atomic mass is 16.4. The zero-order chi connectivity index (χ0) is 31.4. The number of nitrogens with zero attached hydrogens (tertiary/aromatic N) is 2. The summed E-state index contributed by atoms with van der Waals surface area (Å²) in [4.78, 5) is 65.9. The molecule has 0 aliphatic heterocycles. The molecule has 0 fully saturated rings. The van der Waals surface area contributed by atoms with Crippen molar-refractivity contribution in [2.24, 2.45) is 22.2 Å². The van der Waals surface area contributed by atoms with E-state index >= 15 is 0 Å². The molecule has 0 aliphatic rings. The standard InChI is InChI=1S/C21H30N8O4.2C2H4O2/c22-15(7-4-8-26-21(23)24)18(30)28-16(10-14-11-25-12-27-14)19(31)29-17(20(32)33)9-13-5-2-1-3-6-13;2*1-2(3)4/h1-3,5-6,11-12,15-17H,4,7-10,22H2,(H,25,27)(H,28,30)(H,29,31)(H,32,33)(H4,23,24,26);2*1H3,(H,3,4). The van der Waals surface area contributed by atoms with Gasteiger partial charge in [-0.05, 0) is 18.4 Å². The van der Waals surface area contributed by atoms with Crippen molar-refractivity contribution in [2.75, 3.05) is 6.54 Å². The molecule has 0 saturated carbocycles. The minimum atomic E-state index is -1.18. The van der Waals surface area contributed by atoms with E-state index < -0.39 is 47.8 Å². The van der Waals surface area contributed by atoms with Gasteiger partial charge in [0.2, 0.25) is 11.8 Å². The van der Waals surface area contributed by atoms with Crippen LogP contribution in [0.3, 0.4) is 0 Å². The number of hydrogen-bond acceptors (Lipinski definition) is 8. The van der Waals surface area contributed by atoms with Crippen molar-refractivity contribution in [3.8, 4) is 0 Å². The largest absolute Gasteiger partial charge is 0.481 e. The zero-order valence-corrected chi connectivity index (χ0v) is 22.8. The van der Waals surface area contributed by atoms with Crippen molar-refractivity contribution in [3.05, 3.63) is 54.1 Å². The molecule has 16 nitrogen and oxygen atoms in total. The van der Waals surface area contributed by atoms with Crippen LogP contribution in [0.2, 0.25) is 0 Å². The maximum absolute atomic E-state index is 13.0. The number of carbonyl (C=O) groups excluding carboxylic acids is 2. The highest BCUT2D eigenvalue weighted by Crippen LogP contribution is 2.06. The highest BCUT2D eigenvalue weighted by Gasteiger charge is 2.28. The van der Waals surface area contributed by atoms with E-state index in [9.17, 15) is 19.5 Å². The number of rotatable bonds is 13. The Kier molecular flexibility index (Phi) is 17.6. The first-order valence-electron chi connectivity index (χ1n) is 12.3. The predicted molar refractivity (Wildman–Crippen MR) is 148 cm³/mol. The Hall–Kier alpha value is -4.99. The number of aliphatic carboxylic acids is 3. The Morgan fingerprint density at radius 2 is 1.49 bits per heavy atom. The molecule has 0 bridgehead atoms. The number of aliphatic imine (C=N–C) groups is 1. The van der Waals surface area contributed by atoms with Gasteiger partial charge in [-0.1, -0.05) is 30.3 Å². The number of carboxylic acid groups (broad SMARTS) is 3. The molecule has 0 spiro atoms. The number of H-pyrrole nitrogens is 1. The van der Waals surface area contributed by atoms with Crippen LogP contribution in [0.25, 0.3) is 0 Å². The second kappa shape index (κ2) is 20.0. The Bertz CT molecular complexity index is 1100. The Morgan fingerprint density at radius 3 is 1.98 bits per heavy atom. The molecule has 0 radical (unpaired) electrons. The lowest BCUT2D eigenvalue weighted by Crippen LogP contribution is -2.55.